The quantitative estimate of drug-likeness (QED) is 0.688. The van der Waals surface area contributed by atoms with E-state index in [0.29, 0.717) is 18.0 Å². The SMILES string of the molecule is CC(C)[C@H](CNC(=O)[C@H](C)NC(=O)c1ccoc1)Nc1ccccc1. The van der Waals surface area contributed by atoms with Gasteiger partial charge in [0.15, 0.2) is 0 Å². The molecular weight excluding hydrogens is 318 g/mol. The monoisotopic (exact) mass is 343 g/mol. The van der Waals surface area contributed by atoms with E-state index >= 15 is 0 Å². The Labute approximate surface area is 148 Å². The summed E-state index contributed by atoms with van der Waals surface area (Å²) in [5, 5.41) is 8.97. The topological polar surface area (TPSA) is 83.4 Å². The van der Waals surface area contributed by atoms with Crippen LogP contribution in [-0.4, -0.2) is 30.4 Å². The molecule has 0 fully saturated rings. The van der Waals surface area contributed by atoms with Crippen molar-refractivity contribution in [3.8, 4) is 0 Å². The molecule has 1 heterocycles. The van der Waals surface area contributed by atoms with Gasteiger partial charge in [-0.1, -0.05) is 32.0 Å². The zero-order chi connectivity index (χ0) is 18.2. The molecule has 0 aliphatic carbocycles. The van der Waals surface area contributed by atoms with E-state index in [1.54, 1.807) is 13.0 Å². The van der Waals surface area contributed by atoms with Gasteiger partial charge in [0.1, 0.15) is 12.3 Å². The van der Waals surface area contributed by atoms with Gasteiger partial charge >= 0.3 is 0 Å². The van der Waals surface area contributed by atoms with Crippen LogP contribution in [0.15, 0.2) is 53.3 Å². The molecule has 1 aromatic carbocycles. The number of hydrogen-bond acceptors (Lipinski definition) is 4. The van der Waals surface area contributed by atoms with Gasteiger partial charge in [-0.25, -0.2) is 0 Å². The number of rotatable bonds is 8. The van der Waals surface area contributed by atoms with Crippen LogP contribution < -0.4 is 16.0 Å². The van der Waals surface area contributed by atoms with Gasteiger partial charge in [0.25, 0.3) is 5.91 Å². The Balaban J connectivity index is 1.84. The maximum Gasteiger partial charge on any atom is 0.255 e. The maximum atomic E-state index is 12.3. The lowest BCUT2D eigenvalue weighted by Crippen LogP contribution is -2.48. The van der Waals surface area contributed by atoms with E-state index in [4.69, 9.17) is 4.42 Å². The van der Waals surface area contributed by atoms with Crippen LogP contribution in [0.2, 0.25) is 0 Å². The highest BCUT2D eigenvalue weighted by molar-refractivity contribution is 5.97. The molecule has 1 aromatic heterocycles. The number of carbonyl (C=O) groups is 2. The molecule has 2 aromatic rings. The molecule has 0 spiro atoms. The summed E-state index contributed by atoms with van der Waals surface area (Å²) in [6, 6.07) is 10.9. The Bertz CT molecular complexity index is 668. The van der Waals surface area contributed by atoms with Crippen molar-refractivity contribution in [2.75, 3.05) is 11.9 Å². The molecule has 3 N–H and O–H groups in total. The minimum atomic E-state index is -0.632. The largest absolute Gasteiger partial charge is 0.472 e. The minimum Gasteiger partial charge on any atom is -0.472 e. The van der Waals surface area contributed by atoms with Gasteiger partial charge in [-0.15, -0.1) is 0 Å². The number of amides is 2. The molecule has 0 aliphatic heterocycles. The summed E-state index contributed by atoms with van der Waals surface area (Å²) in [6.45, 7) is 6.31. The van der Waals surface area contributed by atoms with Crippen LogP contribution in [0.4, 0.5) is 5.69 Å². The van der Waals surface area contributed by atoms with Crippen LogP contribution >= 0.6 is 0 Å². The van der Waals surface area contributed by atoms with E-state index in [1.807, 2.05) is 30.3 Å². The molecule has 0 bridgehead atoms. The van der Waals surface area contributed by atoms with Crippen molar-refractivity contribution >= 4 is 17.5 Å². The Kier molecular flexibility index (Phi) is 6.62. The van der Waals surface area contributed by atoms with Crippen LogP contribution in [0.5, 0.6) is 0 Å². The van der Waals surface area contributed by atoms with E-state index in [-0.39, 0.29) is 17.9 Å². The van der Waals surface area contributed by atoms with Crippen molar-refractivity contribution in [1.82, 2.24) is 10.6 Å². The van der Waals surface area contributed by atoms with Crippen molar-refractivity contribution < 1.29 is 14.0 Å². The average Bonchev–Trinajstić information content (AvgIpc) is 3.13. The highest BCUT2D eigenvalue weighted by Crippen LogP contribution is 2.11. The first kappa shape index (κ1) is 18.6. The number of furan rings is 1. The van der Waals surface area contributed by atoms with Crippen LogP contribution in [-0.2, 0) is 4.79 Å². The maximum absolute atomic E-state index is 12.3. The number of carbonyl (C=O) groups excluding carboxylic acids is 2. The summed E-state index contributed by atoms with van der Waals surface area (Å²) < 4.78 is 4.87. The van der Waals surface area contributed by atoms with Crippen molar-refractivity contribution in [2.24, 2.45) is 5.92 Å². The van der Waals surface area contributed by atoms with Crippen LogP contribution in [0.1, 0.15) is 31.1 Å². The summed E-state index contributed by atoms with van der Waals surface area (Å²) in [5.74, 6) is -0.229. The Hall–Kier alpha value is -2.76. The van der Waals surface area contributed by atoms with E-state index in [1.165, 1.54) is 12.5 Å². The molecule has 6 nitrogen and oxygen atoms in total. The second-order valence-corrected chi connectivity index (χ2v) is 6.31. The molecule has 0 saturated carbocycles. The van der Waals surface area contributed by atoms with E-state index in [9.17, 15) is 9.59 Å². The van der Waals surface area contributed by atoms with Crippen LogP contribution in [0.3, 0.4) is 0 Å². The smallest absolute Gasteiger partial charge is 0.255 e. The first-order valence-corrected chi connectivity index (χ1v) is 8.39. The lowest BCUT2D eigenvalue weighted by atomic mass is 10.0. The van der Waals surface area contributed by atoms with Crippen molar-refractivity contribution in [1.29, 1.82) is 0 Å². The third-order valence-corrected chi connectivity index (χ3v) is 3.95. The first-order valence-electron chi connectivity index (χ1n) is 8.39. The van der Waals surface area contributed by atoms with Gasteiger partial charge in [-0.3, -0.25) is 9.59 Å². The highest BCUT2D eigenvalue weighted by Gasteiger charge is 2.19. The molecule has 2 rings (SSSR count). The van der Waals surface area contributed by atoms with Gasteiger partial charge in [0.05, 0.1) is 11.8 Å². The van der Waals surface area contributed by atoms with Gasteiger partial charge < -0.3 is 20.4 Å². The van der Waals surface area contributed by atoms with Gasteiger partial charge in [0, 0.05) is 18.3 Å². The van der Waals surface area contributed by atoms with Crippen LogP contribution in [0, 0.1) is 5.92 Å². The summed E-state index contributed by atoms with van der Waals surface area (Å²) in [7, 11) is 0. The third kappa shape index (κ3) is 5.67. The minimum absolute atomic E-state index is 0.0862. The fourth-order valence-corrected chi connectivity index (χ4v) is 2.30. The third-order valence-electron chi connectivity index (χ3n) is 3.95. The Morgan fingerprint density at radius 1 is 1.08 bits per heavy atom. The molecule has 6 heteroatoms. The predicted molar refractivity (Wildman–Crippen MR) is 97.3 cm³/mol. The van der Waals surface area contributed by atoms with E-state index in [0.717, 1.165) is 5.69 Å². The zero-order valence-electron chi connectivity index (χ0n) is 14.8. The summed E-state index contributed by atoms with van der Waals surface area (Å²) >= 11 is 0. The number of anilines is 1. The van der Waals surface area contributed by atoms with Gasteiger partial charge in [0.2, 0.25) is 5.91 Å². The lowest BCUT2D eigenvalue weighted by molar-refractivity contribution is -0.122. The van der Waals surface area contributed by atoms with Crippen LogP contribution in [0.25, 0.3) is 0 Å². The summed E-state index contributed by atoms with van der Waals surface area (Å²) in [6.07, 6.45) is 2.76. The number of benzene rings is 1. The predicted octanol–water partition coefficient (Wildman–Crippen LogP) is 2.65. The van der Waals surface area contributed by atoms with E-state index in [2.05, 4.69) is 29.8 Å². The Morgan fingerprint density at radius 2 is 1.80 bits per heavy atom. The number of nitrogens with one attached hydrogen (secondary N) is 3. The lowest BCUT2D eigenvalue weighted by Gasteiger charge is -2.25. The molecule has 0 aliphatic rings. The standard InChI is InChI=1S/C19H25N3O3/c1-13(2)17(22-16-7-5-4-6-8-16)11-20-18(23)14(3)21-19(24)15-9-10-25-12-15/h4-10,12-14,17,22H,11H2,1-3H3,(H,20,23)(H,21,24)/t14-,17-/m0/s1. The summed E-state index contributed by atoms with van der Waals surface area (Å²) in [4.78, 5) is 24.2. The molecule has 0 saturated heterocycles. The highest BCUT2D eigenvalue weighted by atomic mass is 16.3. The summed E-state index contributed by atoms with van der Waals surface area (Å²) in [5.41, 5.74) is 1.40. The molecule has 2 amide bonds. The zero-order valence-corrected chi connectivity index (χ0v) is 14.8. The van der Waals surface area contributed by atoms with E-state index < -0.39 is 6.04 Å². The fraction of sp³-hybridized carbons (Fsp3) is 0.368. The van der Waals surface area contributed by atoms with Crippen molar-refractivity contribution in [3.63, 3.8) is 0 Å². The second-order valence-electron chi connectivity index (χ2n) is 6.31. The normalized spacial score (nSPS) is 13.1. The molecule has 134 valence electrons. The van der Waals surface area contributed by atoms with Gasteiger partial charge in [-0.2, -0.15) is 0 Å². The van der Waals surface area contributed by atoms with Gasteiger partial charge in [-0.05, 0) is 31.0 Å². The van der Waals surface area contributed by atoms with Crippen molar-refractivity contribution in [3.05, 3.63) is 54.5 Å². The fourth-order valence-electron chi connectivity index (χ4n) is 2.30. The number of hydrogen-bond donors (Lipinski definition) is 3. The molecule has 0 radical (unpaired) electrons. The van der Waals surface area contributed by atoms with Crippen molar-refractivity contribution in [2.45, 2.75) is 32.9 Å². The second kappa shape index (κ2) is 8.92. The molecular formula is C19H25N3O3. The first-order chi connectivity index (χ1) is 12.0. The molecule has 0 unspecified atom stereocenters. The average molecular weight is 343 g/mol. The molecule has 2 atom stereocenters. The molecule has 25 heavy (non-hydrogen) atoms. The Morgan fingerprint density at radius 3 is 2.40 bits per heavy atom. The number of para-hydroxylation sites is 1.